The Morgan fingerprint density at radius 2 is 1.24 bits per heavy atom. The number of unbranched alkanes of at least 4 members (excludes halogenated alkanes) is 17. The van der Waals surface area contributed by atoms with E-state index in [2.05, 4.69) is 23.3 Å². The van der Waals surface area contributed by atoms with Crippen molar-refractivity contribution in [3.8, 4) is 0 Å². The van der Waals surface area contributed by atoms with Crippen molar-refractivity contribution < 1.29 is 4.79 Å². The van der Waals surface area contributed by atoms with Gasteiger partial charge in [0.25, 0.3) is 5.91 Å². The van der Waals surface area contributed by atoms with Crippen molar-refractivity contribution in [1.82, 2.24) is 15.0 Å². The number of hydrogen-bond acceptors (Lipinski definition) is 3. The summed E-state index contributed by atoms with van der Waals surface area (Å²) in [5, 5.41) is 8.02. The molecule has 33 heavy (non-hydrogen) atoms. The van der Waals surface area contributed by atoms with Gasteiger partial charge in [-0.15, -0.1) is 5.10 Å². The maximum Gasteiger partial charge on any atom is 0.252 e. The normalized spacial score (nSPS) is 11.7. The largest absolute Gasteiger partial charge is 0.272 e. The molecule has 0 fully saturated rings. The van der Waals surface area contributed by atoms with Gasteiger partial charge in [0.2, 0.25) is 0 Å². The molecule has 1 heterocycles. The summed E-state index contributed by atoms with van der Waals surface area (Å²) < 4.78 is 1.41. The topological polar surface area (TPSA) is 47.8 Å². The fourth-order valence-corrected chi connectivity index (χ4v) is 4.43. The van der Waals surface area contributed by atoms with Gasteiger partial charge in [-0.2, -0.15) is 4.68 Å². The molecular formula is C29H47N3O. The lowest BCUT2D eigenvalue weighted by Gasteiger charge is -2.03. The predicted octanol–water partition coefficient (Wildman–Crippen LogP) is 9.06. The highest BCUT2D eigenvalue weighted by molar-refractivity contribution is 5.89. The summed E-state index contributed by atoms with van der Waals surface area (Å²) in [5.74, 6) is -0.0256. The van der Waals surface area contributed by atoms with Crippen LogP contribution in [0.2, 0.25) is 0 Å². The first kappa shape index (κ1) is 27.3. The van der Waals surface area contributed by atoms with Crippen LogP contribution in [0.25, 0.3) is 11.0 Å². The fourth-order valence-electron chi connectivity index (χ4n) is 4.43. The molecule has 0 bridgehead atoms. The second kappa shape index (κ2) is 18.5. The summed E-state index contributed by atoms with van der Waals surface area (Å²) in [5.41, 5.74) is 1.54. The molecule has 0 unspecified atom stereocenters. The smallest absolute Gasteiger partial charge is 0.252 e. The van der Waals surface area contributed by atoms with Gasteiger partial charge in [-0.1, -0.05) is 139 Å². The van der Waals surface area contributed by atoms with Crippen LogP contribution >= 0.6 is 0 Å². The fraction of sp³-hybridized carbons (Fsp3) is 0.690. The molecule has 0 saturated carbocycles. The van der Waals surface area contributed by atoms with E-state index in [4.69, 9.17) is 0 Å². The zero-order valence-electron chi connectivity index (χ0n) is 21.1. The van der Waals surface area contributed by atoms with Gasteiger partial charge in [0.05, 0.1) is 5.52 Å². The summed E-state index contributed by atoms with van der Waals surface area (Å²) in [6, 6.07) is 7.57. The zero-order chi connectivity index (χ0) is 23.4. The van der Waals surface area contributed by atoms with Gasteiger partial charge < -0.3 is 0 Å². The molecule has 184 valence electrons. The Labute approximate surface area is 202 Å². The number of para-hydroxylation sites is 1. The number of carbonyl (C=O) groups is 1. The first-order valence-corrected chi connectivity index (χ1v) is 13.8. The van der Waals surface area contributed by atoms with Gasteiger partial charge >= 0.3 is 0 Å². The highest BCUT2D eigenvalue weighted by Crippen LogP contribution is 2.15. The standard InChI is InChI=1S/C29H47N3O/c1-2-3-4-5-6-7-8-9-10-11-12-13-14-15-16-17-18-19-20-21-26-29(33)32-28-25-23-22-24-27(28)30-31-32/h20-25H,2-19,26H2,1H3/b21-20+. The van der Waals surface area contributed by atoms with Gasteiger partial charge in [-0.05, 0) is 25.0 Å². The van der Waals surface area contributed by atoms with E-state index < -0.39 is 0 Å². The molecule has 1 aromatic carbocycles. The monoisotopic (exact) mass is 453 g/mol. The minimum Gasteiger partial charge on any atom is -0.272 e. The SMILES string of the molecule is CCCCCCCCCCCCCCCCCCC/C=C/CC(=O)n1nnc2ccccc21. The molecule has 0 aliphatic heterocycles. The third kappa shape index (κ3) is 12.2. The van der Waals surface area contributed by atoms with Crippen LogP contribution in [0.5, 0.6) is 0 Å². The van der Waals surface area contributed by atoms with Crippen molar-refractivity contribution in [3.05, 3.63) is 36.4 Å². The lowest BCUT2D eigenvalue weighted by molar-refractivity contribution is 0.0904. The van der Waals surface area contributed by atoms with Crippen molar-refractivity contribution in [2.45, 2.75) is 129 Å². The molecule has 2 rings (SSSR count). The molecule has 0 N–H and O–H groups in total. The van der Waals surface area contributed by atoms with Crippen molar-refractivity contribution in [2.24, 2.45) is 0 Å². The molecule has 0 aliphatic rings. The Kier molecular flexibility index (Phi) is 15.3. The van der Waals surface area contributed by atoms with E-state index in [-0.39, 0.29) is 5.91 Å². The molecule has 0 atom stereocenters. The number of benzene rings is 1. The van der Waals surface area contributed by atoms with E-state index in [0.29, 0.717) is 6.42 Å². The van der Waals surface area contributed by atoms with Crippen LogP contribution in [0.4, 0.5) is 0 Å². The Morgan fingerprint density at radius 3 is 1.82 bits per heavy atom. The third-order valence-electron chi connectivity index (χ3n) is 6.52. The van der Waals surface area contributed by atoms with Gasteiger partial charge in [0, 0.05) is 6.42 Å². The summed E-state index contributed by atoms with van der Waals surface area (Å²) in [6.45, 7) is 2.29. The zero-order valence-corrected chi connectivity index (χ0v) is 21.1. The van der Waals surface area contributed by atoms with E-state index in [1.165, 1.54) is 114 Å². The molecule has 0 saturated heterocycles. The van der Waals surface area contributed by atoms with Crippen LogP contribution in [0, 0.1) is 0 Å². The first-order chi connectivity index (χ1) is 16.3. The van der Waals surface area contributed by atoms with Crippen molar-refractivity contribution >= 4 is 16.9 Å². The Balaban J connectivity index is 1.33. The number of carbonyl (C=O) groups excluding carboxylic acids is 1. The lowest BCUT2D eigenvalue weighted by Crippen LogP contribution is -2.10. The van der Waals surface area contributed by atoms with Gasteiger partial charge in [-0.25, -0.2) is 0 Å². The number of fused-ring (bicyclic) bond motifs is 1. The second-order valence-corrected chi connectivity index (χ2v) is 9.50. The van der Waals surface area contributed by atoms with E-state index >= 15 is 0 Å². The second-order valence-electron chi connectivity index (χ2n) is 9.50. The lowest BCUT2D eigenvalue weighted by atomic mass is 10.0. The Morgan fingerprint density at radius 1 is 0.727 bits per heavy atom. The third-order valence-corrected chi connectivity index (χ3v) is 6.52. The minimum atomic E-state index is -0.0256. The van der Waals surface area contributed by atoms with Crippen molar-refractivity contribution in [2.75, 3.05) is 0 Å². The average Bonchev–Trinajstić information content (AvgIpc) is 3.27. The summed E-state index contributed by atoms with van der Waals surface area (Å²) in [7, 11) is 0. The van der Waals surface area contributed by atoms with Crippen molar-refractivity contribution in [3.63, 3.8) is 0 Å². The van der Waals surface area contributed by atoms with Gasteiger partial charge in [0.15, 0.2) is 0 Å². The molecule has 4 nitrogen and oxygen atoms in total. The molecule has 0 radical (unpaired) electrons. The summed E-state index contributed by atoms with van der Waals surface area (Å²) in [4.78, 5) is 12.3. The van der Waals surface area contributed by atoms with Gasteiger partial charge in [-0.3, -0.25) is 4.79 Å². The van der Waals surface area contributed by atoms with E-state index in [1.807, 2.05) is 30.3 Å². The van der Waals surface area contributed by atoms with Gasteiger partial charge in [0.1, 0.15) is 5.52 Å². The number of rotatable bonds is 20. The summed E-state index contributed by atoms with van der Waals surface area (Å²) in [6.07, 6.45) is 29.4. The number of nitrogens with zero attached hydrogens (tertiary/aromatic N) is 3. The molecule has 0 aliphatic carbocycles. The molecule has 0 spiro atoms. The molecule has 2 aromatic rings. The van der Waals surface area contributed by atoms with Crippen LogP contribution < -0.4 is 0 Å². The Bertz CT molecular complexity index is 780. The molecule has 1 aromatic heterocycles. The van der Waals surface area contributed by atoms with Crippen LogP contribution in [0.1, 0.15) is 134 Å². The van der Waals surface area contributed by atoms with E-state index in [9.17, 15) is 4.79 Å². The maximum absolute atomic E-state index is 12.3. The number of hydrogen-bond donors (Lipinski definition) is 0. The highest BCUT2D eigenvalue weighted by Gasteiger charge is 2.09. The molecule has 4 heteroatoms. The quantitative estimate of drug-likeness (QED) is 0.148. The molecule has 0 amide bonds. The highest BCUT2D eigenvalue weighted by atomic mass is 16.2. The first-order valence-electron chi connectivity index (χ1n) is 13.8. The molecular weight excluding hydrogens is 406 g/mol. The maximum atomic E-state index is 12.3. The van der Waals surface area contributed by atoms with Crippen LogP contribution in [-0.4, -0.2) is 20.9 Å². The number of allylic oxidation sites excluding steroid dienone is 2. The summed E-state index contributed by atoms with van der Waals surface area (Å²) >= 11 is 0. The van der Waals surface area contributed by atoms with Crippen LogP contribution in [-0.2, 0) is 0 Å². The predicted molar refractivity (Wildman–Crippen MR) is 141 cm³/mol. The number of aromatic nitrogens is 3. The van der Waals surface area contributed by atoms with Crippen LogP contribution in [0.3, 0.4) is 0 Å². The average molecular weight is 454 g/mol. The van der Waals surface area contributed by atoms with Crippen LogP contribution in [0.15, 0.2) is 36.4 Å². The Hall–Kier alpha value is -1.97. The van der Waals surface area contributed by atoms with Crippen molar-refractivity contribution in [1.29, 1.82) is 0 Å². The van der Waals surface area contributed by atoms with E-state index in [1.54, 1.807) is 0 Å². The van der Waals surface area contributed by atoms with E-state index in [0.717, 1.165) is 17.5 Å². The minimum absolute atomic E-state index is 0.0256.